The summed E-state index contributed by atoms with van der Waals surface area (Å²) in [6.07, 6.45) is 2.17. The minimum atomic E-state index is -0.0300. The molecule has 0 N–H and O–H groups in total. The van der Waals surface area contributed by atoms with Crippen molar-refractivity contribution in [1.82, 2.24) is 24.8 Å². The molecule has 5 rings (SSSR count). The van der Waals surface area contributed by atoms with Crippen molar-refractivity contribution in [2.24, 2.45) is 13.0 Å². The molecular weight excluding hydrogens is 370 g/mol. The van der Waals surface area contributed by atoms with Gasteiger partial charge in [0.1, 0.15) is 0 Å². The molecule has 2 aromatic heterocycles. The van der Waals surface area contributed by atoms with Crippen LogP contribution in [0.1, 0.15) is 29.1 Å². The van der Waals surface area contributed by atoms with Gasteiger partial charge in [-0.1, -0.05) is 35.5 Å². The van der Waals surface area contributed by atoms with Crippen molar-refractivity contribution in [3.05, 3.63) is 53.0 Å². The van der Waals surface area contributed by atoms with Crippen molar-refractivity contribution >= 4 is 5.91 Å². The van der Waals surface area contributed by atoms with Crippen LogP contribution >= 0.6 is 0 Å². The topological polar surface area (TPSA) is 86.3 Å². The van der Waals surface area contributed by atoms with Crippen molar-refractivity contribution in [1.29, 1.82) is 0 Å². The summed E-state index contributed by atoms with van der Waals surface area (Å²) in [5.41, 5.74) is 3.92. The van der Waals surface area contributed by atoms with E-state index in [-0.39, 0.29) is 11.8 Å². The molecule has 8 nitrogen and oxygen atoms in total. The summed E-state index contributed by atoms with van der Waals surface area (Å²) in [7, 11) is 1.92. The largest absolute Gasteiger partial charge is 0.381 e. The van der Waals surface area contributed by atoms with E-state index in [1.807, 2.05) is 47.0 Å². The molecule has 29 heavy (non-hydrogen) atoms. The number of rotatable bonds is 4. The Bertz CT molecular complexity index is 1020. The average molecular weight is 393 g/mol. The van der Waals surface area contributed by atoms with E-state index in [0.717, 1.165) is 29.7 Å². The Labute approximate surface area is 168 Å². The smallest absolute Gasteiger partial charge is 0.278 e. The van der Waals surface area contributed by atoms with Crippen LogP contribution in [-0.2, 0) is 36.0 Å². The summed E-state index contributed by atoms with van der Waals surface area (Å²) in [6, 6.07) is 10.0. The number of nitrogens with zero attached hydrogens (tertiary/aromatic N) is 5. The molecule has 0 bridgehead atoms. The number of amides is 1. The number of carbonyl (C=O) groups excluding carboxylic acids is 1. The third-order valence-electron chi connectivity index (χ3n) is 5.71. The first-order valence-corrected chi connectivity index (χ1v) is 9.97. The van der Waals surface area contributed by atoms with Crippen LogP contribution in [0.15, 0.2) is 34.9 Å². The molecule has 1 atom stereocenters. The zero-order valence-electron chi connectivity index (χ0n) is 16.4. The number of aromatic nitrogens is 4. The van der Waals surface area contributed by atoms with Gasteiger partial charge in [-0.2, -0.15) is 10.1 Å². The standard InChI is InChI=1S/C21H23N5O3/c1-25-17-7-9-26(21(27)15-8-10-28-13-15)12-16(17)19(23-25)20-22-18(24-29-20)11-14-5-3-2-4-6-14/h2-6,15H,7-13H2,1H3. The fourth-order valence-electron chi connectivity index (χ4n) is 4.14. The number of hydrogen-bond acceptors (Lipinski definition) is 6. The van der Waals surface area contributed by atoms with Gasteiger partial charge in [0.25, 0.3) is 5.89 Å². The quantitative estimate of drug-likeness (QED) is 0.674. The first kappa shape index (κ1) is 18.1. The number of hydrogen-bond donors (Lipinski definition) is 0. The fourth-order valence-corrected chi connectivity index (χ4v) is 4.14. The lowest BCUT2D eigenvalue weighted by Gasteiger charge is -2.29. The maximum Gasteiger partial charge on any atom is 0.278 e. The molecule has 1 aromatic carbocycles. The Kier molecular flexibility index (Phi) is 4.63. The van der Waals surface area contributed by atoms with Crippen LogP contribution < -0.4 is 0 Å². The molecule has 150 valence electrons. The minimum absolute atomic E-state index is 0.0300. The van der Waals surface area contributed by atoms with Crippen molar-refractivity contribution < 1.29 is 14.1 Å². The number of ether oxygens (including phenoxy) is 1. The Hall–Kier alpha value is -3.00. The number of aryl methyl sites for hydroxylation is 1. The van der Waals surface area contributed by atoms with E-state index >= 15 is 0 Å². The average Bonchev–Trinajstić information content (AvgIpc) is 3.49. The highest BCUT2D eigenvalue weighted by molar-refractivity contribution is 5.79. The van der Waals surface area contributed by atoms with Gasteiger partial charge >= 0.3 is 0 Å². The van der Waals surface area contributed by atoms with Crippen molar-refractivity contribution in [3.8, 4) is 11.6 Å². The summed E-state index contributed by atoms with van der Waals surface area (Å²) in [5.74, 6) is 1.17. The Balaban J connectivity index is 1.39. The van der Waals surface area contributed by atoms with Gasteiger partial charge in [0.2, 0.25) is 5.91 Å². The molecule has 1 saturated heterocycles. The second-order valence-corrected chi connectivity index (χ2v) is 7.65. The summed E-state index contributed by atoms with van der Waals surface area (Å²) in [4.78, 5) is 19.3. The van der Waals surface area contributed by atoms with Crippen LogP contribution in [0.25, 0.3) is 11.6 Å². The van der Waals surface area contributed by atoms with Gasteiger partial charge in [0.15, 0.2) is 11.5 Å². The SMILES string of the molecule is Cn1nc(-c2nc(Cc3ccccc3)no2)c2c1CCN(C(=O)C1CCOC1)C2. The molecule has 1 unspecified atom stereocenters. The molecule has 3 aromatic rings. The van der Waals surface area contributed by atoms with Crippen molar-refractivity contribution in [3.63, 3.8) is 0 Å². The zero-order valence-corrected chi connectivity index (χ0v) is 16.4. The molecule has 4 heterocycles. The predicted octanol–water partition coefficient (Wildman–Crippen LogP) is 1.98. The van der Waals surface area contributed by atoms with Gasteiger partial charge in [-0.05, 0) is 12.0 Å². The third-order valence-corrected chi connectivity index (χ3v) is 5.71. The minimum Gasteiger partial charge on any atom is -0.381 e. The van der Waals surface area contributed by atoms with Gasteiger partial charge < -0.3 is 14.2 Å². The van der Waals surface area contributed by atoms with Crippen LogP contribution in [0.4, 0.5) is 0 Å². The molecule has 0 radical (unpaired) electrons. The first-order chi connectivity index (χ1) is 14.2. The molecule has 8 heteroatoms. The second kappa shape index (κ2) is 7.44. The number of carbonyl (C=O) groups is 1. The van der Waals surface area contributed by atoms with E-state index in [4.69, 9.17) is 9.26 Å². The lowest BCUT2D eigenvalue weighted by Crippen LogP contribution is -2.40. The molecule has 1 amide bonds. The summed E-state index contributed by atoms with van der Waals surface area (Å²) in [6.45, 7) is 2.41. The van der Waals surface area contributed by atoms with Crippen LogP contribution in [0.2, 0.25) is 0 Å². The van der Waals surface area contributed by atoms with E-state index in [0.29, 0.717) is 50.1 Å². The van der Waals surface area contributed by atoms with Gasteiger partial charge in [0.05, 0.1) is 12.5 Å². The van der Waals surface area contributed by atoms with Crippen LogP contribution in [0.5, 0.6) is 0 Å². The Morgan fingerprint density at radius 2 is 2.14 bits per heavy atom. The monoisotopic (exact) mass is 393 g/mol. The summed E-state index contributed by atoms with van der Waals surface area (Å²) < 4.78 is 12.8. The van der Waals surface area contributed by atoms with Crippen LogP contribution in [0, 0.1) is 5.92 Å². The highest BCUT2D eigenvalue weighted by Crippen LogP contribution is 2.30. The number of benzene rings is 1. The highest BCUT2D eigenvalue weighted by atomic mass is 16.5. The van der Waals surface area contributed by atoms with E-state index in [2.05, 4.69) is 15.2 Å². The molecule has 0 spiro atoms. The van der Waals surface area contributed by atoms with E-state index in [1.165, 1.54) is 0 Å². The first-order valence-electron chi connectivity index (χ1n) is 9.97. The van der Waals surface area contributed by atoms with Crippen molar-refractivity contribution in [2.75, 3.05) is 19.8 Å². The third kappa shape index (κ3) is 3.44. The predicted molar refractivity (Wildman–Crippen MR) is 104 cm³/mol. The summed E-state index contributed by atoms with van der Waals surface area (Å²) in [5, 5.41) is 8.76. The van der Waals surface area contributed by atoms with Gasteiger partial charge in [-0.25, -0.2) is 0 Å². The zero-order chi connectivity index (χ0) is 19.8. The van der Waals surface area contributed by atoms with Gasteiger partial charge in [-0.15, -0.1) is 0 Å². The van der Waals surface area contributed by atoms with E-state index < -0.39 is 0 Å². The van der Waals surface area contributed by atoms with Crippen LogP contribution in [0.3, 0.4) is 0 Å². The van der Waals surface area contributed by atoms with Gasteiger partial charge in [0, 0.05) is 50.8 Å². The maximum atomic E-state index is 12.8. The summed E-state index contributed by atoms with van der Waals surface area (Å²) >= 11 is 0. The van der Waals surface area contributed by atoms with Gasteiger partial charge in [-0.3, -0.25) is 9.48 Å². The Morgan fingerprint density at radius 1 is 1.28 bits per heavy atom. The molecule has 2 aliphatic heterocycles. The lowest BCUT2D eigenvalue weighted by molar-refractivity contribution is -0.136. The fraction of sp³-hybridized carbons (Fsp3) is 0.429. The molecular formula is C21H23N5O3. The molecule has 0 aliphatic carbocycles. The van der Waals surface area contributed by atoms with Crippen LogP contribution in [-0.4, -0.2) is 50.5 Å². The molecule has 1 fully saturated rings. The lowest BCUT2D eigenvalue weighted by atomic mass is 10.0. The molecule has 2 aliphatic rings. The van der Waals surface area contributed by atoms with Crippen molar-refractivity contribution in [2.45, 2.75) is 25.8 Å². The van der Waals surface area contributed by atoms with E-state index in [9.17, 15) is 4.79 Å². The molecule has 0 saturated carbocycles. The van der Waals surface area contributed by atoms with E-state index in [1.54, 1.807) is 0 Å². The number of fused-ring (bicyclic) bond motifs is 1. The second-order valence-electron chi connectivity index (χ2n) is 7.65. The maximum absolute atomic E-state index is 12.8. The Morgan fingerprint density at radius 3 is 2.93 bits per heavy atom. The highest BCUT2D eigenvalue weighted by Gasteiger charge is 2.33. The normalized spacial score (nSPS) is 18.8.